The molecule has 9 nitrogen and oxygen atoms in total. The number of aliphatic hydroxyl groups excluding tert-OH is 1. The minimum Gasteiger partial charge on any atom is -0.485 e. The molecule has 0 saturated heterocycles. The number of hydrogen-bond acceptors (Lipinski definition) is 7. The van der Waals surface area contributed by atoms with Crippen molar-refractivity contribution in [3.8, 4) is 5.75 Å². The summed E-state index contributed by atoms with van der Waals surface area (Å²) in [4.78, 5) is 34.5. The van der Waals surface area contributed by atoms with Gasteiger partial charge in [-0.1, -0.05) is 11.6 Å². The summed E-state index contributed by atoms with van der Waals surface area (Å²) in [6, 6.07) is 5.34. The number of aromatic nitrogens is 3. The zero-order valence-corrected chi connectivity index (χ0v) is 23.4. The van der Waals surface area contributed by atoms with Crippen molar-refractivity contribution < 1.29 is 23.7 Å². The molecule has 0 amide bonds. The molecule has 41 heavy (non-hydrogen) atoms. The van der Waals surface area contributed by atoms with E-state index in [1.165, 1.54) is 39.9 Å². The zero-order chi connectivity index (χ0) is 29.9. The fourth-order valence-corrected chi connectivity index (χ4v) is 4.29. The average molecular weight is 587 g/mol. The van der Waals surface area contributed by atoms with Crippen LogP contribution in [0.4, 0.5) is 8.78 Å². The van der Waals surface area contributed by atoms with E-state index in [1.54, 1.807) is 32.9 Å². The highest BCUT2D eigenvalue weighted by Gasteiger charge is 2.38. The number of rotatable bonds is 8. The van der Waals surface area contributed by atoms with Gasteiger partial charge in [-0.3, -0.25) is 23.7 Å². The monoisotopic (exact) mass is 586 g/mol. The molecule has 216 valence electrons. The van der Waals surface area contributed by atoms with Gasteiger partial charge in [0, 0.05) is 42.0 Å². The van der Waals surface area contributed by atoms with Crippen LogP contribution in [0.25, 0.3) is 6.20 Å². The molecular weight excluding hydrogens is 558 g/mol. The number of aliphatic imine (C=N–C) groups is 1. The van der Waals surface area contributed by atoms with E-state index in [2.05, 4.69) is 9.98 Å². The van der Waals surface area contributed by atoms with Crippen LogP contribution in [-0.4, -0.2) is 36.3 Å². The first-order valence-electron chi connectivity index (χ1n) is 12.8. The van der Waals surface area contributed by atoms with E-state index in [0.717, 1.165) is 12.6 Å². The largest absolute Gasteiger partial charge is 0.485 e. The van der Waals surface area contributed by atoms with Crippen LogP contribution in [0.2, 0.25) is 5.02 Å². The molecule has 3 heterocycles. The van der Waals surface area contributed by atoms with Crippen molar-refractivity contribution in [3.63, 3.8) is 0 Å². The molecule has 3 aromatic heterocycles. The summed E-state index contributed by atoms with van der Waals surface area (Å²) in [6.45, 7) is 4.47. The van der Waals surface area contributed by atoms with Gasteiger partial charge in [0.05, 0.1) is 17.9 Å². The normalized spacial score (nSPS) is 16.1. The van der Waals surface area contributed by atoms with Crippen LogP contribution < -0.4 is 15.9 Å². The van der Waals surface area contributed by atoms with Gasteiger partial charge in [-0.25, -0.2) is 13.8 Å². The lowest BCUT2D eigenvalue weighted by atomic mass is 9.75. The van der Waals surface area contributed by atoms with Crippen molar-refractivity contribution in [1.82, 2.24) is 14.1 Å². The predicted molar refractivity (Wildman–Crippen MR) is 151 cm³/mol. The predicted octanol–water partition coefficient (Wildman–Crippen LogP) is 4.30. The van der Waals surface area contributed by atoms with E-state index in [0.29, 0.717) is 30.2 Å². The number of halogens is 3. The van der Waals surface area contributed by atoms with Gasteiger partial charge in [-0.15, -0.1) is 0 Å². The Balaban J connectivity index is 1.70. The summed E-state index contributed by atoms with van der Waals surface area (Å²) in [5, 5.41) is 20.4. The number of hydrogen-bond donors (Lipinski definition) is 2. The van der Waals surface area contributed by atoms with Gasteiger partial charge in [0.25, 0.3) is 11.1 Å². The van der Waals surface area contributed by atoms with Crippen molar-refractivity contribution in [2.75, 3.05) is 0 Å². The van der Waals surface area contributed by atoms with Gasteiger partial charge in [0.1, 0.15) is 34.7 Å². The Kier molecular flexibility index (Phi) is 9.01. The van der Waals surface area contributed by atoms with Crippen LogP contribution in [0.15, 0.2) is 69.1 Å². The van der Waals surface area contributed by atoms with Crippen LogP contribution in [0.5, 0.6) is 5.75 Å². The molecule has 0 radical (unpaired) electrons. The first kappa shape index (κ1) is 30.0. The standard InChI is InChI=1S/C29H29ClF2N4O5/c1-17(19(3)37)14-34-25(36-10-4-6-21(27(36)38)29(40)8-5-9-29)7-11-35-18(2)12-24(26(30)28(35)39)41-16-23-22(32)13-20(31)15-33-23/h4,6-7,10-15,19,37,40H,5,8-9,16H2,1-3H3/b11-7+,17-14-,34-25+/t19-/m0/s1. The Morgan fingerprint density at radius 3 is 2.66 bits per heavy atom. The molecule has 1 saturated carbocycles. The van der Waals surface area contributed by atoms with Gasteiger partial charge >= 0.3 is 0 Å². The van der Waals surface area contributed by atoms with Gasteiger partial charge in [-0.2, -0.15) is 0 Å². The molecule has 1 aliphatic rings. The highest BCUT2D eigenvalue weighted by Crippen LogP contribution is 2.39. The maximum Gasteiger partial charge on any atom is 0.277 e. The van der Waals surface area contributed by atoms with Gasteiger partial charge in [0.15, 0.2) is 5.82 Å². The quantitative estimate of drug-likeness (QED) is 0.300. The first-order valence-corrected chi connectivity index (χ1v) is 13.2. The Bertz CT molecular complexity index is 1670. The zero-order valence-electron chi connectivity index (χ0n) is 22.6. The van der Waals surface area contributed by atoms with E-state index in [-0.39, 0.29) is 34.5 Å². The minimum absolute atomic E-state index is 0.0219. The van der Waals surface area contributed by atoms with E-state index in [4.69, 9.17) is 16.3 Å². The van der Waals surface area contributed by atoms with Crippen molar-refractivity contribution >= 4 is 23.6 Å². The second kappa shape index (κ2) is 12.3. The summed E-state index contributed by atoms with van der Waals surface area (Å²) in [7, 11) is 0. The Morgan fingerprint density at radius 2 is 2.02 bits per heavy atom. The number of aliphatic hydroxyl groups is 2. The summed E-state index contributed by atoms with van der Waals surface area (Å²) in [5.74, 6) is -1.64. The third-order valence-electron chi connectivity index (χ3n) is 6.90. The van der Waals surface area contributed by atoms with Crippen LogP contribution in [0.1, 0.15) is 50.1 Å². The lowest BCUT2D eigenvalue weighted by Crippen LogP contribution is -2.41. The van der Waals surface area contributed by atoms with E-state index < -0.39 is 34.5 Å². The molecule has 0 unspecified atom stereocenters. The second-order valence-electron chi connectivity index (χ2n) is 9.84. The molecule has 0 spiro atoms. The third kappa shape index (κ3) is 6.53. The number of aryl methyl sites for hydroxylation is 1. The molecule has 1 fully saturated rings. The van der Waals surface area contributed by atoms with Gasteiger partial charge < -0.3 is 14.9 Å². The van der Waals surface area contributed by atoms with Gasteiger partial charge in [-0.05, 0) is 63.8 Å². The molecule has 0 aromatic carbocycles. The van der Waals surface area contributed by atoms with Crippen molar-refractivity contribution in [2.45, 2.75) is 58.3 Å². The van der Waals surface area contributed by atoms with E-state index in [9.17, 15) is 28.6 Å². The molecule has 1 atom stereocenters. The summed E-state index contributed by atoms with van der Waals surface area (Å²) >= 11 is 6.27. The summed E-state index contributed by atoms with van der Waals surface area (Å²) in [6.07, 6.45) is 7.51. The Morgan fingerprint density at radius 1 is 1.29 bits per heavy atom. The number of ether oxygens (including phenoxy) is 1. The van der Waals surface area contributed by atoms with Crippen LogP contribution >= 0.6 is 11.6 Å². The van der Waals surface area contributed by atoms with Crippen molar-refractivity contribution in [2.24, 2.45) is 4.99 Å². The highest BCUT2D eigenvalue weighted by molar-refractivity contribution is 6.31. The fourth-order valence-electron chi connectivity index (χ4n) is 4.09. The fraction of sp³-hybridized carbons (Fsp3) is 0.310. The van der Waals surface area contributed by atoms with Gasteiger partial charge in [0.2, 0.25) is 0 Å². The number of pyridine rings is 3. The lowest BCUT2D eigenvalue weighted by molar-refractivity contribution is -0.0401. The second-order valence-corrected chi connectivity index (χ2v) is 10.2. The minimum atomic E-state index is -1.20. The highest BCUT2D eigenvalue weighted by atomic mass is 35.5. The third-order valence-corrected chi connectivity index (χ3v) is 7.25. The molecule has 4 rings (SSSR count). The van der Waals surface area contributed by atoms with Crippen molar-refractivity contribution in [3.05, 3.63) is 109 Å². The molecule has 12 heteroatoms. The smallest absolute Gasteiger partial charge is 0.277 e. The molecule has 1 aliphatic carbocycles. The van der Waals surface area contributed by atoms with E-state index >= 15 is 0 Å². The number of nitrogens with zero attached hydrogens (tertiary/aromatic N) is 4. The molecule has 3 aromatic rings. The number of allylic oxidation sites excluding steroid dienone is 1. The average Bonchev–Trinajstić information content (AvgIpc) is 2.91. The lowest BCUT2D eigenvalue weighted by Gasteiger charge is -2.36. The molecular formula is C29H29ClF2N4O5. The SMILES string of the molecule is C/C(=C/N=C(\C=C\n1c(C)cc(OCc2ncc(F)cc2F)c(Cl)c1=O)n1cccc(C2(O)CCC2)c1=O)[C@H](C)O. The first-order chi connectivity index (χ1) is 19.4. The Hall–Kier alpha value is -3.93. The maximum atomic E-state index is 13.9. The van der Waals surface area contributed by atoms with Crippen LogP contribution in [0.3, 0.4) is 0 Å². The summed E-state index contributed by atoms with van der Waals surface area (Å²) in [5.41, 5.74) is -1.33. The van der Waals surface area contributed by atoms with Crippen LogP contribution in [0, 0.1) is 18.6 Å². The topological polar surface area (TPSA) is 119 Å². The molecule has 0 bridgehead atoms. The molecule has 2 N–H and O–H groups in total. The van der Waals surface area contributed by atoms with Crippen LogP contribution in [-0.2, 0) is 12.2 Å². The Labute approximate surface area is 239 Å². The van der Waals surface area contributed by atoms with E-state index in [1.807, 2.05) is 0 Å². The summed E-state index contributed by atoms with van der Waals surface area (Å²) < 4.78 is 35.0. The maximum absolute atomic E-state index is 13.9. The molecule has 0 aliphatic heterocycles. The van der Waals surface area contributed by atoms with Crippen molar-refractivity contribution in [1.29, 1.82) is 0 Å².